The molecule has 0 fully saturated rings. The van der Waals surface area contributed by atoms with Crippen LogP contribution in [0.15, 0.2) is 24.3 Å². The van der Waals surface area contributed by atoms with Crippen molar-refractivity contribution in [2.24, 2.45) is 11.7 Å². The molecule has 1 unspecified atom stereocenters. The fourth-order valence-corrected chi connectivity index (χ4v) is 2.12. The predicted octanol–water partition coefficient (Wildman–Crippen LogP) is 0.336. The minimum Gasteiger partial charge on any atom is -0.491 e. The number of carbonyl (C=O) groups is 2. The Labute approximate surface area is 124 Å². The standard InChI is InChI=1S/C15H21N3O3/c1-9(2)14(16)15(20)17-7-13(19)18-11-8-21-12-6-4-3-5-10(11)12/h3-6,9,11,14H,7-8,16H2,1-2H3,(H,17,20)(H,18,19)/t11?,14-/m0/s1. The summed E-state index contributed by atoms with van der Waals surface area (Å²) in [5.74, 6) is 0.240. The molecule has 6 nitrogen and oxygen atoms in total. The SMILES string of the molecule is CC(C)[C@H](N)C(=O)NCC(=O)NC1COc2ccccc21. The highest BCUT2D eigenvalue weighted by Crippen LogP contribution is 2.31. The molecule has 4 N–H and O–H groups in total. The molecule has 21 heavy (non-hydrogen) atoms. The van der Waals surface area contributed by atoms with Gasteiger partial charge in [-0.3, -0.25) is 9.59 Å². The maximum Gasteiger partial charge on any atom is 0.240 e. The van der Waals surface area contributed by atoms with E-state index in [0.29, 0.717) is 6.61 Å². The second kappa shape index (κ2) is 6.58. The van der Waals surface area contributed by atoms with Crippen molar-refractivity contribution >= 4 is 11.8 Å². The number of nitrogens with one attached hydrogen (secondary N) is 2. The van der Waals surface area contributed by atoms with E-state index in [2.05, 4.69) is 10.6 Å². The number of fused-ring (bicyclic) bond motifs is 1. The first kappa shape index (κ1) is 15.3. The molecule has 6 heteroatoms. The van der Waals surface area contributed by atoms with Crippen molar-refractivity contribution in [1.82, 2.24) is 10.6 Å². The molecule has 0 radical (unpaired) electrons. The zero-order chi connectivity index (χ0) is 15.4. The number of amides is 2. The molecular formula is C15H21N3O3. The third-order valence-corrected chi connectivity index (χ3v) is 3.48. The minimum atomic E-state index is -0.603. The summed E-state index contributed by atoms with van der Waals surface area (Å²) in [5, 5.41) is 5.38. The fraction of sp³-hybridized carbons (Fsp3) is 0.467. The van der Waals surface area contributed by atoms with Crippen molar-refractivity contribution in [2.45, 2.75) is 25.9 Å². The summed E-state index contributed by atoms with van der Waals surface area (Å²) in [6.07, 6.45) is 0. The number of rotatable bonds is 5. The van der Waals surface area contributed by atoms with Crippen LogP contribution < -0.4 is 21.1 Å². The van der Waals surface area contributed by atoms with Gasteiger partial charge < -0.3 is 21.1 Å². The van der Waals surface area contributed by atoms with Crippen LogP contribution in [0.3, 0.4) is 0 Å². The molecule has 1 aromatic carbocycles. The fourth-order valence-electron chi connectivity index (χ4n) is 2.12. The number of ether oxygens (including phenoxy) is 1. The van der Waals surface area contributed by atoms with Crippen LogP contribution >= 0.6 is 0 Å². The van der Waals surface area contributed by atoms with Crippen LogP contribution in [0.4, 0.5) is 0 Å². The lowest BCUT2D eigenvalue weighted by molar-refractivity contribution is -0.127. The highest BCUT2D eigenvalue weighted by Gasteiger charge is 2.25. The van der Waals surface area contributed by atoms with E-state index >= 15 is 0 Å². The van der Waals surface area contributed by atoms with Gasteiger partial charge in [0.25, 0.3) is 0 Å². The molecule has 0 aliphatic carbocycles. The van der Waals surface area contributed by atoms with Gasteiger partial charge >= 0.3 is 0 Å². The molecule has 114 valence electrons. The van der Waals surface area contributed by atoms with Crippen molar-refractivity contribution in [1.29, 1.82) is 0 Å². The summed E-state index contributed by atoms with van der Waals surface area (Å²) < 4.78 is 5.49. The van der Waals surface area contributed by atoms with Crippen molar-refractivity contribution in [2.75, 3.05) is 13.2 Å². The lowest BCUT2D eigenvalue weighted by Crippen LogP contribution is -2.47. The van der Waals surface area contributed by atoms with Crippen LogP contribution in [0.25, 0.3) is 0 Å². The van der Waals surface area contributed by atoms with Gasteiger partial charge in [0.2, 0.25) is 11.8 Å². The highest BCUT2D eigenvalue weighted by atomic mass is 16.5. The Morgan fingerprint density at radius 3 is 2.81 bits per heavy atom. The molecule has 1 aliphatic rings. The Balaban J connectivity index is 1.82. The Bertz CT molecular complexity index is 531. The van der Waals surface area contributed by atoms with Gasteiger partial charge in [0.15, 0.2) is 0 Å². The van der Waals surface area contributed by atoms with Crippen LogP contribution in [-0.4, -0.2) is 31.0 Å². The monoisotopic (exact) mass is 291 g/mol. The molecule has 1 aromatic rings. The molecule has 0 bridgehead atoms. The number of para-hydroxylation sites is 1. The van der Waals surface area contributed by atoms with E-state index in [4.69, 9.17) is 10.5 Å². The quantitative estimate of drug-likeness (QED) is 0.729. The van der Waals surface area contributed by atoms with Gasteiger partial charge in [-0.1, -0.05) is 32.0 Å². The highest BCUT2D eigenvalue weighted by molar-refractivity contribution is 5.87. The molecule has 1 heterocycles. The first-order chi connectivity index (χ1) is 9.99. The third kappa shape index (κ3) is 3.72. The lowest BCUT2D eigenvalue weighted by Gasteiger charge is -2.16. The summed E-state index contributed by atoms with van der Waals surface area (Å²) >= 11 is 0. The molecule has 2 rings (SSSR count). The van der Waals surface area contributed by atoms with Gasteiger partial charge in [-0.15, -0.1) is 0 Å². The maximum atomic E-state index is 11.9. The van der Waals surface area contributed by atoms with Crippen LogP contribution in [0, 0.1) is 5.92 Å². The summed E-state index contributed by atoms with van der Waals surface area (Å²) in [6.45, 7) is 4.04. The second-order valence-electron chi connectivity index (χ2n) is 5.46. The van der Waals surface area contributed by atoms with E-state index in [9.17, 15) is 9.59 Å². The zero-order valence-electron chi connectivity index (χ0n) is 12.3. The van der Waals surface area contributed by atoms with E-state index < -0.39 is 6.04 Å². The summed E-state index contributed by atoms with van der Waals surface area (Å²) in [7, 11) is 0. The number of hydrogen-bond donors (Lipinski definition) is 3. The molecule has 2 atom stereocenters. The van der Waals surface area contributed by atoms with Gasteiger partial charge in [-0.05, 0) is 12.0 Å². The van der Waals surface area contributed by atoms with E-state index in [-0.39, 0.29) is 30.3 Å². The molecule has 0 saturated heterocycles. The van der Waals surface area contributed by atoms with Crippen LogP contribution in [0.5, 0.6) is 5.75 Å². The normalized spacial score (nSPS) is 17.8. The van der Waals surface area contributed by atoms with E-state index in [1.165, 1.54) is 0 Å². The Morgan fingerprint density at radius 2 is 2.10 bits per heavy atom. The number of nitrogens with two attached hydrogens (primary N) is 1. The number of carbonyl (C=O) groups excluding carboxylic acids is 2. The maximum absolute atomic E-state index is 11.9. The van der Waals surface area contributed by atoms with Gasteiger partial charge in [0.1, 0.15) is 12.4 Å². The largest absolute Gasteiger partial charge is 0.491 e. The van der Waals surface area contributed by atoms with Crippen molar-refractivity contribution < 1.29 is 14.3 Å². The summed E-state index contributed by atoms with van der Waals surface area (Å²) in [4.78, 5) is 23.6. The Morgan fingerprint density at radius 1 is 1.38 bits per heavy atom. The average molecular weight is 291 g/mol. The van der Waals surface area contributed by atoms with Crippen LogP contribution in [0.1, 0.15) is 25.5 Å². The average Bonchev–Trinajstić information content (AvgIpc) is 2.87. The Kier molecular flexibility index (Phi) is 4.80. The second-order valence-corrected chi connectivity index (χ2v) is 5.46. The lowest BCUT2D eigenvalue weighted by atomic mass is 10.1. The third-order valence-electron chi connectivity index (χ3n) is 3.48. The van der Waals surface area contributed by atoms with Crippen LogP contribution in [-0.2, 0) is 9.59 Å². The minimum absolute atomic E-state index is 0.0307. The van der Waals surface area contributed by atoms with Crippen molar-refractivity contribution in [3.8, 4) is 5.75 Å². The van der Waals surface area contributed by atoms with Crippen LogP contribution in [0.2, 0.25) is 0 Å². The van der Waals surface area contributed by atoms with E-state index in [1.807, 2.05) is 38.1 Å². The molecule has 0 aromatic heterocycles. The first-order valence-electron chi connectivity index (χ1n) is 7.03. The molecule has 0 saturated carbocycles. The first-order valence-corrected chi connectivity index (χ1v) is 7.03. The van der Waals surface area contributed by atoms with Gasteiger partial charge in [0, 0.05) is 5.56 Å². The molecule has 2 amide bonds. The summed E-state index contributed by atoms with van der Waals surface area (Å²) in [6, 6.07) is 6.79. The molecular weight excluding hydrogens is 270 g/mol. The number of hydrogen-bond acceptors (Lipinski definition) is 4. The topological polar surface area (TPSA) is 93.5 Å². The molecule has 1 aliphatic heterocycles. The van der Waals surface area contributed by atoms with Gasteiger partial charge in [-0.25, -0.2) is 0 Å². The van der Waals surface area contributed by atoms with Crippen molar-refractivity contribution in [3.05, 3.63) is 29.8 Å². The van der Waals surface area contributed by atoms with Gasteiger partial charge in [-0.2, -0.15) is 0 Å². The zero-order valence-corrected chi connectivity index (χ0v) is 12.3. The van der Waals surface area contributed by atoms with E-state index in [1.54, 1.807) is 0 Å². The van der Waals surface area contributed by atoms with Crippen molar-refractivity contribution in [3.63, 3.8) is 0 Å². The summed E-state index contributed by atoms with van der Waals surface area (Å²) in [5.41, 5.74) is 6.66. The predicted molar refractivity (Wildman–Crippen MR) is 78.6 cm³/mol. The van der Waals surface area contributed by atoms with E-state index in [0.717, 1.165) is 11.3 Å². The molecule has 0 spiro atoms. The Hall–Kier alpha value is -2.08. The smallest absolute Gasteiger partial charge is 0.240 e. The van der Waals surface area contributed by atoms with Gasteiger partial charge in [0.05, 0.1) is 18.6 Å². The number of benzene rings is 1.